The molecule has 0 spiro atoms. The van der Waals surface area contributed by atoms with Crippen LogP contribution < -0.4 is 19.9 Å². The van der Waals surface area contributed by atoms with Crippen LogP contribution in [0.25, 0.3) is 0 Å². The minimum atomic E-state index is 0.594. The molecule has 0 aromatic heterocycles. The molecule has 0 amide bonds. The van der Waals surface area contributed by atoms with E-state index in [9.17, 15) is 0 Å². The van der Waals surface area contributed by atoms with Crippen molar-refractivity contribution in [3.05, 3.63) is 47.0 Å². The van der Waals surface area contributed by atoms with E-state index in [-0.39, 0.29) is 0 Å². The SMILES string of the molecule is COc1ccc(OCCCCOc2c(C)ccc(C)c2C)c(N)c1. The molecule has 2 N–H and O–H groups in total. The minimum absolute atomic E-state index is 0.594. The Balaban J connectivity index is 1.73. The van der Waals surface area contributed by atoms with Gasteiger partial charge in [-0.1, -0.05) is 12.1 Å². The summed E-state index contributed by atoms with van der Waals surface area (Å²) in [5, 5.41) is 0. The zero-order valence-electron chi connectivity index (χ0n) is 15.0. The second-order valence-corrected chi connectivity index (χ2v) is 5.96. The first-order valence-electron chi connectivity index (χ1n) is 8.29. The van der Waals surface area contributed by atoms with E-state index in [0.717, 1.165) is 24.3 Å². The van der Waals surface area contributed by atoms with Gasteiger partial charge in [0.2, 0.25) is 0 Å². The van der Waals surface area contributed by atoms with E-state index in [1.165, 1.54) is 16.7 Å². The van der Waals surface area contributed by atoms with Gasteiger partial charge < -0.3 is 19.9 Å². The molecule has 0 aliphatic carbocycles. The lowest BCUT2D eigenvalue weighted by atomic mass is 10.1. The van der Waals surface area contributed by atoms with E-state index in [0.29, 0.717) is 24.7 Å². The number of unbranched alkanes of at least 4 members (excludes halogenated alkanes) is 1. The highest BCUT2D eigenvalue weighted by atomic mass is 16.5. The Hall–Kier alpha value is -2.36. The largest absolute Gasteiger partial charge is 0.497 e. The molecule has 24 heavy (non-hydrogen) atoms. The van der Waals surface area contributed by atoms with Crippen molar-refractivity contribution < 1.29 is 14.2 Å². The molecule has 0 atom stereocenters. The van der Waals surface area contributed by atoms with Crippen molar-refractivity contribution in [2.24, 2.45) is 0 Å². The third-order valence-corrected chi connectivity index (χ3v) is 4.13. The molecule has 0 bridgehead atoms. The number of rotatable bonds is 8. The Kier molecular flexibility index (Phi) is 6.36. The molecule has 4 heteroatoms. The smallest absolute Gasteiger partial charge is 0.142 e. The maximum atomic E-state index is 5.96. The van der Waals surface area contributed by atoms with Gasteiger partial charge in [0.05, 0.1) is 26.0 Å². The van der Waals surface area contributed by atoms with Crippen molar-refractivity contribution in [3.8, 4) is 17.2 Å². The fourth-order valence-corrected chi connectivity index (χ4v) is 2.49. The number of anilines is 1. The predicted molar refractivity (Wildman–Crippen MR) is 98.3 cm³/mol. The normalized spacial score (nSPS) is 10.5. The van der Waals surface area contributed by atoms with Crippen LogP contribution in [0.3, 0.4) is 0 Å². The van der Waals surface area contributed by atoms with Gasteiger partial charge in [-0.05, 0) is 62.4 Å². The van der Waals surface area contributed by atoms with Gasteiger partial charge in [0, 0.05) is 6.07 Å². The lowest BCUT2D eigenvalue weighted by Gasteiger charge is -2.14. The quantitative estimate of drug-likeness (QED) is 0.574. The lowest BCUT2D eigenvalue weighted by Crippen LogP contribution is -2.05. The number of hydrogen-bond donors (Lipinski definition) is 1. The monoisotopic (exact) mass is 329 g/mol. The van der Waals surface area contributed by atoms with Gasteiger partial charge >= 0.3 is 0 Å². The summed E-state index contributed by atoms with van der Waals surface area (Å²) in [7, 11) is 1.62. The van der Waals surface area contributed by atoms with Crippen LogP contribution in [0.1, 0.15) is 29.5 Å². The molecule has 2 aromatic rings. The van der Waals surface area contributed by atoms with E-state index in [1.54, 1.807) is 13.2 Å². The number of ether oxygens (including phenoxy) is 3. The van der Waals surface area contributed by atoms with E-state index in [2.05, 4.69) is 32.9 Å². The molecule has 0 heterocycles. The molecule has 2 rings (SSSR count). The Morgan fingerprint density at radius 2 is 1.54 bits per heavy atom. The highest BCUT2D eigenvalue weighted by molar-refractivity contribution is 5.56. The van der Waals surface area contributed by atoms with Gasteiger partial charge in [0.1, 0.15) is 17.2 Å². The third kappa shape index (κ3) is 4.57. The Bertz CT molecular complexity index is 683. The molecule has 4 nitrogen and oxygen atoms in total. The van der Waals surface area contributed by atoms with Crippen molar-refractivity contribution in [2.75, 3.05) is 26.1 Å². The second kappa shape index (κ2) is 8.48. The maximum absolute atomic E-state index is 5.96. The minimum Gasteiger partial charge on any atom is -0.497 e. The van der Waals surface area contributed by atoms with E-state index in [4.69, 9.17) is 19.9 Å². The van der Waals surface area contributed by atoms with Crippen LogP contribution in [0.2, 0.25) is 0 Å². The van der Waals surface area contributed by atoms with Crippen molar-refractivity contribution >= 4 is 5.69 Å². The molecule has 2 aromatic carbocycles. The van der Waals surface area contributed by atoms with Gasteiger partial charge in [-0.3, -0.25) is 0 Å². The first-order chi connectivity index (χ1) is 11.5. The number of hydrogen-bond acceptors (Lipinski definition) is 4. The fraction of sp³-hybridized carbons (Fsp3) is 0.400. The summed E-state index contributed by atoms with van der Waals surface area (Å²) in [6, 6.07) is 9.68. The lowest BCUT2D eigenvalue weighted by molar-refractivity contribution is 0.265. The summed E-state index contributed by atoms with van der Waals surface area (Å²) < 4.78 is 16.8. The third-order valence-electron chi connectivity index (χ3n) is 4.13. The number of aryl methyl sites for hydroxylation is 2. The Morgan fingerprint density at radius 3 is 2.21 bits per heavy atom. The van der Waals surface area contributed by atoms with Gasteiger partial charge in [-0.25, -0.2) is 0 Å². The first kappa shape index (κ1) is 18.0. The molecule has 0 fully saturated rings. The fourth-order valence-electron chi connectivity index (χ4n) is 2.49. The Labute approximate surface area is 144 Å². The molecule has 0 radical (unpaired) electrons. The van der Waals surface area contributed by atoms with Gasteiger partial charge in [0.15, 0.2) is 0 Å². The summed E-state index contributed by atoms with van der Waals surface area (Å²) in [6.45, 7) is 7.59. The van der Waals surface area contributed by atoms with Crippen LogP contribution in [0, 0.1) is 20.8 Å². The molecule has 0 saturated heterocycles. The zero-order chi connectivity index (χ0) is 17.5. The van der Waals surface area contributed by atoms with Crippen LogP contribution in [0.15, 0.2) is 30.3 Å². The van der Waals surface area contributed by atoms with Gasteiger partial charge in [-0.15, -0.1) is 0 Å². The zero-order valence-corrected chi connectivity index (χ0v) is 15.0. The van der Waals surface area contributed by atoms with Gasteiger partial charge in [-0.2, -0.15) is 0 Å². The molecule has 0 saturated carbocycles. The number of nitrogen functional groups attached to an aromatic ring is 1. The van der Waals surface area contributed by atoms with E-state index < -0.39 is 0 Å². The van der Waals surface area contributed by atoms with E-state index in [1.807, 2.05) is 12.1 Å². The molecule has 130 valence electrons. The molecule has 0 unspecified atom stereocenters. The summed E-state index contributed by atoms with van der Waals surface area (Å²) in [6.07, 6.45) is 1.85. The van der Waals surface area contributed by atoms with Crippen LogP contribution in [-0.4, -0.2) is 20.3 Å². The van der Waals surface area contributed by atoms with Crippen LogP contribution in [0.4, 0.5) is 5.69 Å². The van der Waals surface area contributed by atoms with Crippen LogP contribution >= 0.6 is 0 Å². The average Bonchev–Trinajstić information content (AvgIpc) is 2.58. The second-order valence-electron chi connectivity index (χ2n) is 5.96. The van der Waals surface area contributed by atoms with Crippen molar-refractivity contribution in [1.82, 2.24) is 0 Å². The van der Waals surface area contributed by atoms with E-state index >= 15 is 0 Å². The predicted octanol–water partition coefficient (Wildman–Crippen LogP) is 4.44. The Morgan fingerprint density at radius 1 is 0.875 bits per heavy atom. The molecular formula is C20H27NO3. The van der Waals surface area contributed by atoms with Crippen molar-refractivity contribution in [3.63, 3.8) is 0 Å². The maximum Gasteiger partial charge on any atom is 0.142 e. The van der Waals surface area contributed by atoms with Gasteiger partial charge in [0.25, 0.3) is 0 Å². The summed E-state index contributed by atoms with van der Waals surface area (Å²) in [5.41, 5.74) is 10.2. The first-order valence-corrected chi connectivity index (χ1v) is 8.29. The highest BCUT2D eigenvalue weighted by Crippen LogP contribution is 2.27. The van der Waals surface area contributed by atoms with Crippen molar-refractivity contribution in [2.45, 2.75) is 33.6 Å². The standard InChI is InChI=1S/C20H27NO3/c1-14-7-8-15(2)20(16(14)3)24-12-6-5-11-23-19-10-9-17(22-4)13-18(19)21/h7-10,13H,5-6,11-12,21H2,1-4H3. The molecule has 0 aliphatic heterocycles. The summed E-state index contributed by atoms with van der Waals surface area (Å²) in [5.74, 6) is 2.44. The topological polar surface area (TPSA) is 53.7 Å². The molecule has 0 aliphatic rings. The van der Waals surface area contributed by atoms with Crippen molar-refractivity contribution in [1.29, 1.82) is 0 Å². The number of nitrogens with two attached hydrogens (primary N) is 1. The van der Waals surface area contributed by atoms with Crippen LogP contribution in [-0.2, 0) is 0 Å². The summed E-state index contributed by atoms with van der Waals surface area (Å²) >= 11 is 0. The number of methoxy groups -OCH3 is 1. The average molecular weight is 329 g/mol. The highest BCUT2D eigenvalue weighted by Gasteiger charge is 2.06. The van der Waals surface area contributed by atoms with Crippen LogP contribution in [0.5, 0.6) is 17.2 Å². The molecular weight excluding hydrogens is 302 g/mol. The summed E-state index contributed by atoms with van der Waals surface area (Å²) in [4.78, 5) is 0. The number of benzene rings is 2.